The van der Waals surface area contributed by atoms with Crippen molar-refractivity contribution in [3.8, 4) is 0 Å². The van der Waals surface area contributed by atoms with Gasteiger partial charge in [0, 0.05) is 23.7 Å². The second-order valence-electron chi connectivity index (χ2n) is 9.19. The highest BCUT2D eigenvalue weighted by atomic mass is 16.7. The molecular formula is C23H38O7. The summed E-state index contributed by atoms with van der Waals surface area (Å²) in [6.07, 6.45) is 3.27. The summed E-state index contributed by atoms with van der Waals surface area (Å²) in [4.78, 5) is 13.0. The average molecular weight is 427 g/mol. The van der Waals surface area contributed by atoms with Gasteiger partial charge in [0.05, 0.1) is 50.8 Å². The Morgan fingerprint density at radius 2 is 0.900 bits per heavy atom. The second kappa shape index (κ2) is 9.72. The zero-order valence-electron chi connectivity index (χ0n) is 18.8. The molecular weight excluding hydrogens is 388 g/mol. The third-order valence-corrected chi connectivity index (χ3v) is 7.68. The van der Waals surface area contributed by atoms with Crippen LogP contribution < -0.4 is 0 Å². The van der Waals surface area contributed by atoms with Gasteiger partial charge in [0.2, 0.25) is 0 Å². The van der Waals surface area contributed by atoms with Gasteiger partial charge in [0.15, 0.2) is 0 Å². The molecule has 4 aliphatic rings. The molecule has 7 heteroatoms. The molecule has 172 valence electrons. The molecule has 8 unspecified atom stereocenters. The van der Waals surface area contributed by atoms with Gasteiger partial charge in [-0.3, -0.25) is 0 Å². The molecule has 0 aromatic heterocycles. The lowest BCUT2D eigenvalue weighted by atomic mass is 9.78. The van der Waals surface area contributed by atoms with Crippen LogP contribution in [-0.4, -0.2) is 69.2 Å². The first kappa shape index (κ1) is 22.3. The summed E-state index contributed by atoms with van der Waals surface area (Å²) >= 11 is 0. The van der Waals surface area contributed by atoms with Gasteiger partial charge in [0.1, 0.15) is 12.2 Å². The van der Waals surface area contributed by atoms with Gasteiger partial charge in [-0.05, 0) is 25.7 Å². The summed E-state index contributed by atoms with van der Waals surface area (Å²) in [6.45, 7) is 11.0. The minimum atomic E-state index is -0.558. The smallest absolute Gasteiger partial charge is 0.430 e. The Morgan fingerprint density at radius 1 is 0.633 bits per heavy atom. The third kappa shape index (κ3) is 4.10. The van der Waals surface area contributed by atoms with Crippen molar-refractivity contribution < 1.29 is 33.2 Å². The van der Waals surface area contributed by atoms with E-state index >= 15 is 0 Å². The predicted octanol–water partition coefficient (Wildman–Crippen LogP) is 3.58. The maximum Gasteiger partial charge on any atom is 0.508 e. The molecule has 0 radical (unpaired) electrons. The molecule has 0 saturated carbocycles. The van der Waals surface area contributed by atoms with Crippen molar-refractivity contribution in [2.75, 3.05) is 26.4 Å². The molecule has 0 amide bonds. The van der Waals surface area contributed by atoms with E-state index in [-0.39, 0.29) is 60.3 Å². The van der Waals surface area contributed by atoms with Crippen LogP contribution in [0.5, 0.6) is 0 Å². The van der Waals surface area contributed by atoms with E-state index in [0.29, 0.717) is 26.4 Å². The molecule has 0 bridgehead atoms. The molecule has 4 rings (SSSR count). The van der Waals surface area contributed by atoms with E-state index in [9.17, 15) is 4.79 Å². The van der Waals surface area contributed by atoms with Crippen LogP contribution in [0.1, 0.15) is 53.4 Å². The highest BCUT2D eigenvalue weighted by Crippen LogP contribution is 2.41. The van der Waals surface area contributed by atoms with Gasteiger partial charge in [-0.2, -0.15) is 0 Å². The highest BCUT2D eigenvalue weighted by Gasteiger charge is 2.52. The van der Waals surface area contributed by atoms with Crippen LogP contribution in [0.15, 0.2) is 0 Å². The number of carbonyl (C=O) groups excluding carboxylic acids is 1. The molecule has 0 aromatic carbocycles. The van der Waals surface area contributed by atoms with Crippen LogP contribution in [0.3, 0.4) is 0 Å². The molecule has 4 fully saturated rings. The van der Waals surface area contributed by atoms with E-state index in [1.54, 1.807) is 0 Å². The topological polar surface area (TPSA) is 72.5 Å². The van der Waals surface area contributed by atoms with Gasteiger partial charge in [0.25, 0.3) is 0 Å². The summed E-state index contributed by atoms with van der Waals surface area (Å²) in [5.74, 6) is 0.870. The molecule has 0 aliphatic carbocycles. The fourth-order valence-electron chi connectivity index (χ4n) is 5.52. The SMILES string of the molecule is CCC1OCC1C(OC(=O)OC(C1COC1CC)C1COC1CC)C1COC1CC. The van der Waals surface area contributed by atoms with E-state index in [2.05, 4.69) is 27.7 Å². The van der Waals surface area contributed by atoms with Crippen LogP contribution in [0.2, 0.25) is 0 Å². The number of ether oxygens (including phenoxy) is 6. The van der Waals surface area contributed by atoms with Crippen molar-refractivity contribution in [1.29, 1.82) is 0 Å². The maximum absolute atomic E-state index is 13.0. The second-order valence-corrected chi connectivity index (χ2v) is 9.19. The van der Waals surface area contributed by atoms with E-state index < -0.39 is 6.16 Å². The number of carbonyl (C=O) groups is 1. The molecule has 4 aliphatic heterocycles. The van der Waals surface area contributed by atoms with Crippen LogP contribution in [0.25, 0.3) is 0 Å². The van der Waals surface area contributed by atoms with Gasteiger partial charge in [-0.1, -0.05) is 27.7 Å². The van der Waals surface area contributed by atoms with Gasteiger partial charge >= 0.3 is 6.16 Å². The van der Waals surface area contributed by atoms with Gasteiger partial charge < -0.3 is 28.4 Å². The van der Waals surface area contributed by atoms with Crippen LogP contribution in [0, 0.1) is 23.7 Å². The quantitative estimate of drug-likeness (QED) is 0.495. The van der Waals surface area contributed by atoms with E-state index in [4.69, 9.17) is 28.4 Å². The van der Waals surface area contributed by atoms with Crippen molar-refractivity contribution >= 4 is 6.16 Å². The van der Waals surface area contributed by atoms with E-state index in [1.165, 1.54) is 0 Å². The normalized spacial score (nSPS) is 42.0. The van der Waals surface area contributed by atoms with Crippen molar-refractivity contribution in [3.05, 3.63) is 0 Å². The predicted molar refractivity (Wildman–Crippen MR) is 109 cm³/mol. The lowest BCUT2D eigenvalue weighted by molar-refractivity contribution is -0.243. The number of hydrogen-bond acceptors (Lipinski definition) is 7. The molecule has 8 atom stereocenters. The lowest BCUT2D eigenvalue weighted by Gasteiger charge is -2.50. The Hall–Kier alpha value is -0.890. The summed E-state index contributed by atoms with van der Waals surface area (Å²) < 4.78 is 34.9. The van der Waals surface area contributed by atoms with Gasteiger partial charge in [-0.25, -0.2) is 4.79 Å². The van der Waals surface area contributed by atoms with E-state index in [1.807, 2.05) is 0 Å². The van der Waals surface area contributed by atoms with Crippen molar-refractivity contribution in [1.82, 2.24) is 0 Å². The van der Waals surface area contributed by atoms with Crippen LogP contribution in [0.4, 0.5) is 4.79 Å². The average Bonchev–Trinajstić information content (AvgIpc) is 2.59. The van der Waals surface area contributed by atoms with Gasteiger partial charge in [-0.15, -0.1) is 0 Å². The molecule has 0 N–H and O–H groups in total. The fraction of sp³-hybridized carbons (Fsp3) is 0.957. The van der Waals surface area contributed by atoms with Crippen molar-refractivity contribution in [2.45, 2.75) is 90.0 Å². The molecule has 0 spiro atoms. The zero-order valence-corrected chi connectivity index (χ0v) is 18.8. The first-order valence-corrected chi connectivity index (χ1v) is 11.9. The zero-order chi connectivity index (χ0) is 21.3. The molecule has 4 heterocycles. The van der Waals surface area contributed by atoms with Crippen LogP contribution in [-0.2, 0) is 28.4 Å². The Bertz CT molecular complexity index is 488. The number of hydrogen-bond donors (Lipinski definition) is 0. The minimum absolute atomic E-state index is 0.144. The number of rotatable bonds is 10. The van der Waals surface area contributed by atoms with Crippen LogP contribution >= 0.6 is 0 Å². The molecule has 0 aromatic rings. The summed E-state index contributed by atoms with van der Waals surface area (Å²) in [5.41, 5.74) is 0. The minimum Gasteiger partial charge on any atom is -0.430 e. The summed E-state index contributed by atoms with van der Waals surface area (Å²) in [7, 11) is 0. The standard InChI is InChI=1S/C23H38O7/c1-5-17-13(9-25-17)21(14-10-26-18(14)6-2)29-23(24)30-22(15-11-27-19(15)7-3)16-12-28-20(16)8-4/h13-22H,5-12H2,1-4H3. The Labute approximate surface area is 180 Å². The third-order valence-electron chi connectivity index (χ3n) is 7.68. The fourth-order valence-corrected chi connectivity index (χ4v) is 5.52. The maximum atomic E-state index is 13.0. The lowest BCUT2D eigenvalue weighted by Crippen LogP contribution is -2.59. The van der Waals surface area contributed by atoms with Crippen molar-refractivity contribution in [3.63, 3.8) is 0 Å². The summed E-state index contributed by atoms with van der Waals surface area (Å²) in [6, 6.07) is 0. The largest absolute Gasteiger partial charge is 0.508 e. The Kier molecular flexibility index (Phi) is 7.23. The highest BCUT2D eigenvalue weighted by molar-refractivity contribution is 5.60. The molecule has 30 heavy (non-hydrogen) atoms. The van der Waals surface area contributed by atoms with Crippen molar-refractivity contribution in [2.24, 2.45) is 23.7 Å². The first-order valence-electron chi connectivity index (χ1n) is 11.9. The first-order chi connectivity index (χ1) is 14.6. The summed E-state index contributed by atoms with van der Waals surface area (Å²) in [5, 5.41) is 0. The monoisotopic (exact) mass is 426 g/mol. The molecule has 7 nitrogen and oxygen atoms in total. The Morgan fingerprint density at radius 3 is 1.07 bits per heavy atom. The van der Waals surface area contributed by atoms with E-state index in [0.717, 1.165) is 25.7 Å². The molecule has 4 saturated heterocycles. The Balaban J connectivity index is 1.42.